The van der Waals surface area contributed by atoms with Crippen LogP contribution in [0.5, 0.6) is 0 Å². The number of fused-ring (bicyclic) bond motifs is 1. The van der Waals surface area contributed by atoms with Crippen molar-refractivity contribution in [1.82, 2.24) is 24.6 Å². The summed E-state index contributed by atoms with van der Waals surface area (Å²) in [6.45, 7) is 4.60. The summed E-state index contributed by atoms with van der Waals surface area (Å²) in [5, 5.41) is 5.72. The Kier molecular flexibility index (Phi) is 4.60. The standard InChI is InChI=1S/C20H22ClN5O/c1-12(2)26-19-16(10-23-26)15(8-17(24-19)14-5-6-14)20(27)25(3)11-13-4-7-18(21)22-9-13/h4,7-10,12,14H,5-6,11H2,1-3H3. The number of rotatable bonds is 5. The lowest BCUT2D eigenvalue weighted by molar-refractivity contribution is 0.0786. The molecule has 3 heterocycles. The van der Waals surface area contributed by atoms with E-state index in [9.17, 15) is 4.79 Å². The molecule has 1 fully saturated rings. The van der Waals surface area contributed by atoms with Crippen LogP contribution in [0.2, 0.25) is 5.15 Å². The first-order valence-electron chi connectivity index (χ1n) is 9.18. The Hall–Kier alpha value is -2.47. The van der Waals surface area contributed by atoms with E-state index in [1.165, 1.54) is 0 Å². The number of amides is 1. The number of halogens is 1. The van der Waals surface area contributed by atoms with Gasteiger partial charge in [0.05, 0.1) is 17.1 Å². The summed E-state index contributed by atoms with van der Waals surface area (Å²) in [5.41, 5.74) is 3.38. The van der Waals surface area contributed by atoms with Gasteiger partial charge in [0.15, 0.2) is 5.65 Å². The van der Waals surface area contributed by atoms with E-state index in [2.05, 4.69) is 23.9 Å². The molecule has 0 aliphatic heterocycles. The second-order valence-corrected chi connectivity index (χ2v) is 7.83. The fourth-order valence-corrected chi connectivity index (χ4v) is 3.34. The van der Waals surface area contributed by atoms with Crippen LogP contribution < -0.4 is 0 Å². The number of aromatic nitrogens is 4. The van der Waals surface area contributed by atoms with Crippen molar-refractivity contribution in [2.75, 3.05) is 7.05 Å². The maximum atomic E-state index is 13.2. The van der Waals surface area contributed by atoms with Gasteiger partial charge in [-0.05, 0) is 44.4 Å². The fraction of sp³-hybridized carbons (Fsp3) is 0.400. The number of carbonyl (C=O) groups excluding carboxylic acids is 1. The van der Waals surface area contributed by atoms with Crippen LogP contribution in [0.1, 0.15) is 60.3 Å². The normalized spacial score (nSPS) is 14.1. The highest BCUT2D eigenvalue weighted by molar-refractivity contribution is 6.29. The molecule has 0 aromatic carbocycles. The third-order valence-corrected chi connectivity index (χ3v) is 5.08. The van der Waals surface area contributed by atoms with Gasteiger partial charge in [-0.25, -0.2) is 14.6 Å². The molecule has 1 aliphatic carbocycles. The zero-order valence-electron chi connectivity index (χ0n) is 15.7. The van der Waals surface area contributed by atoms with Crippen LogP contribution in [0.3, 0.4) is 0 Å². The lowest BCUT2D eigenvalue weighted by Crippen LogP contribution is -2.26. The second kappa shape index (κ2) is 6.93. The minimum Gasteiger partial charge on any atom is -0.337 e. The predicted molar refractivity (Wildman–Crippen MR) is 105 cm³/mol. The Morgan fingerprint density at radius 3 is 2.74 bits per heavy atom. The van der Waals surface area contributed by atoms with Crippen molar-refractivity contribution < 1.29 is 4.79 Å². The Bertz CT molecular complexity index is 992. The van der Waals surface area contributed by atoms with Crippen LogP contribution in [0, 0.1) is 0 Å². The SMILES string of the molecule is CC(C)n1ncc2c(C(=O)N(C)Cc3ccc(Cl)nc3)cc(C3CC3)nc21. The summed E-state index contributed by atoms with van der Waals surface area (Å²) in [7, 11) is 1.80. The number of hydrogen-bond acceptors (Lipinski definition) is 4. The third kappa shape index (κ3) is 3.54. The Labute approximate surface area is 163 Å². The molecular weight excluding hydrogens is 362 g/mol. The highest BCUT2D eigenvalue weighted by Crippen LogP contribution is 2.40. The molecule has 3 aromatic rings. The van der Waals surface area contributed by atoms with Crippen molar-refractivity contribution in [3.05, 3.63) is 52.6 Å². The average Bonchev–Trinajstić information content (AvgIpc) is 3.41. The summed E-state index contributed by atoms with van der Waals surface area (Å²) >= 11 is 5.84. The van der Waals surface area contributed by atoms with Gasteiger partial charge in [-0.3, -0.25) is 4.79 Å². The predicted octanol–water partition coefficient (Wildman–Crippen LogP) is 4.21. The zero-order chi connectivity index (χ0) is 19.1. The van der Waals surface area contributed by atoms with Crippen molar-refractivity contribution in [3.8, 4) is 0 Å². The van der Waals surface area contributed by atoms with Gasteiger partial charge in [-0.2, -0.15) is 5.10 Å². The van der Waals surface area contributed by atoms with E-state index in [0.717, 1.165) is 35.1 Å². The molecule has 0 atom stereocenters. The maximum Gasteiger partial charge on any atom is 0.254 e. The fourth-order valence-electron chi connectivity index (χ4n) is 3.23. The van der Waals surface area contributed by atoms with Gasteiger partial charge >= 0.3 is 0 Å². The van der Waals surface area contributed by atoms with Crippen molar-refractivity contribution >= 4 is 28.5 Å². The molecule has 4 rings (SSSR count). The molecule has 0 saturated heterocycles. The summed E-state index contributed by atoms with van der Waals surface area (Å²) in [4.78, 5) is 23.8. The van der Waals surface area contributed by atoms with E-state index in [1.54, 1.807) is 30.4 Å². The molecule has 6 nitrogen and oxygen atoms in total. The smallest absolute Gasteiger partial charge is 0.254 e. The van der Waals surface area contributed by atoms with Crippen LogP contribution in [0.15, 0.2) is 30.6 Å². The minimum atomic E-state index is -0.0393. The van der Waals surface area contributed by atoms with Gasteiger partial charge < -0.3 is 4.90 Å². The molecular formula is C20H22ClN5O. The molecule has 1 amide bonds. The zero-order valence-corrected chi connectivity index (χ0v) is 16.4. The monoisotopic (exact) mass is 383 g/mol. The van der Waals surface area contributed by atoms with Crippen molar-refractivity contribution in [3.63, 3.8) is 0 Å². The lowest BCUT2D eigenvalue weighted by atomic mass is 10.1. The first-order valence-corrected chi connectivity index (χ1v) is 9.56. The van der Waals surface area contributed by atoms with Gasteiger partial charge in [-0.1, -0.05) is 17.7 Å². The van der Waals surface area contributed by atoms with Crippen LogP contribution in [0.25, 0.3) is 11.0 Å². The van der Waals surface area contributed by atoms with E-state index < -0.39 is 0 Å². The van der Waals surface area contributed by atoms with Crippen LogP contribution >= 0.6 is 11.6 Å². The molecule has 1 aliphatic rings. The van der Waals surface area contributed by atoms with Gasteiger partial charge in [0.2, 0.25) is 0 Å². The first-order chi connectivity index (χ1) is 12.9. The summed E-state index contributed by atoms with van der Waals surface area (Å²) in [6, 6.07) is 5.75. The van der Waals surface area contributed by atoms with Crippen LogP contribution in [-0.2, 0) is 6.54 Å². The second-order valence-electron chi connectivity index (χ2n) is 7.44. The molecule has 140 valence electrons. The van der Waals surface area contributed by atoms with Crippen LogP contribution in [0.4, 0.5) is 0 Å². The summed E-state index contributed by atoms with van der Waals surface area (Å²) in [6.07, 6.45) is 5.72. The molecule has 0 N–H and O–H groups in total. The van der Waals surface area contributed by atoms with Crippen molar-refractivity contribution in [1.29, 1.82) is 0 Å². The van der Waals surface area contributed by atoms with Gasteiger partial charge in [0.25, 0.3) is 5.91 Å². The summed E-state index contributed by atoms with van der Waals surface area (Å²) in [5.74, 6) is 0.421. The average molecular weight is 384 g/mol. The molecule has 7 heteroatoms. The Morgan fingerprint density at radius 2 is 2.11 bits per heavy atom. The van der Waals surface area contributed by atoms with Gasteiger partial charge in [0, 0.05) is 37.4 Å². The van der Waals surface area contributed by atoms with Gasteiger partial charge in [0.1, 0.15) is 5.15 Å². The third-order valence-electron chi connectivity index (χ3n) is 4.86. The Balaban J connectivity index is 1.70. The first kappa shape index (κ1) is 17.9. The van der Waals surface area contributed by atoms with Crippen molar-refractivity contribution in [2.24, 2.45) is 0 Å². The largest absolute Gasteiger partial charge is 0.337 e. The van der Waals surface area contributed by atoms with E-state index in [0.29, 0.717) is 23.2 Å². The number of nitrogens with zero attached hydrogens (tertiary/aromatic N) is 5. The Morgan fingerprint density at radius 1 is 1.33 bits per heavy atom. The molecule has 27 heavy (non-hydrogen) atoms. The topological polar surface area (TPSA) is 63.9 Å². The number of carbonyl (C=O) groups is 1. The van der Waals surface area contributed by atoms with E-state index >= 15 is 0 Å². The van der Waals surface area contributed by atoms with Crippen molar-refractivity contribution in [2.45, 2.75) is 45.2 Å². The minimum absolute atomic E-state index is 0.0393. The maximum absolute atomic E-state index is 13.2. The molecule has 0 unspecified atom stereocenters. The molecule has 0 radical (unpaired) electrons. The molecule has 3 aromatic heterocycles. The highest BCUT2D eigenvalue weighted by atomic mass is 35.5. The van der Waals surface area contributed by atoms with E-state index in [4.69, 9.17) is 16.6 Å². The molecule has 0 spiro atoms. The quantitative estimate of drug-likeness (QED) is 0.619. The molecule has 0 bridgehead atoms. The summed E-state index contributed by atoms with van der Waals surface area (Å²) < 4.78 is 1.89. The lowest BCUT2D eigenvalue weighted by Gasteiger charge is -2.18. The van der Waals surface area contributed by atoms with E-state index in [1.807, 2.05) is 16.8 Å². The van der Waals surface area contributed by atoms with E-state index in [-0.39, 0.29) is 11.9 Å². The highest BCUT2D eigenvalue weighted by Gasteiger charge is 2.29. The van der Waals surface area contributed by atoms with Gasteiger partial charge in [-0.15, -0.1) is 0 Å². The van der Waals surface area contributed by atoms with Crippen LogP contribution in [-0.4, -0.2) is 37.6 Å². The molecule has 1 saturated carbocycles. The number of hydrogen-bond donors (Lipinski definition) is 0. The number of pyridine rings is 2.